The Labute approximate surface area is 97.5 Å². The second-order valence-electron chi connectivity index (χ2n) is 3.46. The van der Waals surface area contributed by atoms with Gasteiger partial charge in [0.15, 0.2) is 0 Å². The van der Waals surface area contributed by atoms with Crippen LogP contribution in [0.3, 0.4) is 0 Å². The van der Waals surface area contributed by atoms with Crippen molar-refractivity contribution in [2.24, 2.45) is 0 Å². The lowest BCUT2D eigenvalue weighted by Gasteiger charge is -2.25. The molecule has 0 saturated carbocycles. The smallest absolute Gasteiger partial charge is 0.311 e. The van der Waals surface area contributed by atoms with Gasteiger partial charge in [0, 0.05) is 23.8 Å². The van der Waals surface area contributed by atoms with Crippen LogP contribution < -0.4 is 4.90 Å². The molecule has 16 heavy (non-hydrogen) atoms. The Hall–Kier alpha value is -1.62. The second-order valence-corrected chi connectivity index (χ2v) is 3.95. The maximum absolute atomic E-state index is 10.8. The molecule has 1 aromatic rings. The zero-order valence-corrected chi connectivity index (χ0v) is 9.22. The fourth-order valence-electron chi connectivity index (χ4n) is 1.66. The van der Waals surface area contributed by atoms with Crippen molar-refractivity contribution in [3.8, 4) is 0 Å². The fourth-order valence-corrected chi connectivity index (χ4v) is 1.91. The first-order chi connectivity index (χ1) is 7.68. The van der Waals surface area contributed by atoms with Crippen molar-refractivity contribution in [2.75, 3.05) is 18.0 Å². The highest BCUT2D eigenvalue weighted by Crippen LogP contribution is 2.27. The highest BCUT2D eigenvalue weighted by molar-refractivity contribution is 6.30. The second kappa shape index (κ2) is 4.49. The Balaban J connectivity index is 2.33. The molecule has 0 atom stereocenters. The predicted octanol–water partition coefficient (Wildman–Crippen LogP) is 2.32. The summed E-state index contributed by atoms with van der Waals surface area (Å²) in [7, 11) is 0. The zero-order valence-electron chi connectivity index (χ0n) is 8.47. The lowest BCUT2D eigenvalue weighted by molar-refractivity contribution is -0.384. The minimum Gasteiger partial charge on any atom is -0.345 e. The molecule has 84 valence electrons. The summed E-state index contributed by atoms with van der Waals surface area (Å²) in [6.07, 6.45) is 4.26. The number of hydrogen-bond donors (Lipinski definition) is 0. The minimum atomic E-state index is -0.422. The Bertz CT molecular complexity index is 447. The van der Waals surface area contributed by atoms with Crippen molar-refractivity contribution in [3.05, 3.63) is 39.6 Å². The number of anilines is 1. The van der Waals surface area contributed by atoms with E-state index in [4.69, 9.17) is 11.6 Å². The topological polar surface area (TPSA) is 59.3 Å². The van der Waals surface area contributed by atoms with Crippen molar-refractivity contribution < 1.29 is 4.92 Å². The summed E-state index contributed by atoms with van der Waals surface area (Å²) in [5.41, 5.74) is 0.0221. The lowest BCUT2D eigenvalue weighted by atomic mass is 10.2. The molecule has 0 unspecified atom stereocenters. The summed E-state index contributed by atoms with van der Waals surface area (Å²) in [6, 6.07) is 3.01. The molecule has 0 amide bonds. The van der Waals surface area contributed by atoms with Crippen molar-refractivity contribution in [2.45, 2.75) is 6.42 Å². The van der Waals surface area contributed by atoms with Gasteiger partial charge in [-0.1, -0.05) is 17.7 Å². The van der Waals surface area contributed by atoms with Crippen LogP contribution in [0.1, 0.15) is 6.42 Å². The highest BCUT2D eigenvalue weighted by Gasteiger charge is 2.22. The van der Waals surface area contributed by atoms with E-state index in [1.165, 1.54) is 6.07 Å². The van der Waals surface area contributed by atoms with Crippen molar-refractivity contribution >= 4 is 23.1 Å². The van der Waals surface area contributed by atoms with Crippen molar-refractivity contribution in [3.63, 3.8) is 0 Å². The standard InChI is InChI=1S/C10H10ClN3O2/c11-8-3-2-6-13(7-8)10-9(14(15)16)4-1-5-12-10/h1,3-5H,2,6-7H2. The van der Waals surface area contributed by atoms with Crippen LogP contribution in [0.15, 0.2) is 29.4 Å². The molecule has 0 N–H and O–H groups in total. The molecule has 0 bridgehead atoms. The van der Waals surface area contributed by atoms with E-state index < -0.39 is 4.92 Å². The minimum absolute atomic E-state index is 0.0221. The van der Waals surface area contributed by atoms with E-state index in [0.717, 1.165) is 6.42 Å². The van der Waals surface area contributed by atoms with E-state index in [2.05, 4.69) is 4.98 Å². The molecular weight excluding hydrogens is 230 g/mol. The van der Waals surface area contributed by atoms with Gasteiger partial charge in [0.05, 0.1) is 11.5 Å². The van der Waals surface area contributed by atoms with E-state index in [9.17, 15) is 10.1 Å². The first-order valence-corrected chi connectivity index (χ1v) is 5.25. The number of halogens is 1. The quantitative estimate of drug-likeness (QED) is 0.587. The van der Waals surface area contributed by atoms with Gasteiger partial charge in [-0.2, -0.15) is 0 Å². The number of hydrogen-bond acceptors (Lipinski definition) is 4. The predicted molar refractivity (Wildman–Crippen MR) is 61.7 cm³/mol. The van der Waals surface area contributed by atoms with E-state index in [-0.39, 0.29) is 5.69 Å². The lowest BCUT2D eigenvalue weighted by Crippen LogP contribution is -2.29. The Kier molecular flexibility index (Phi) is 3.05. The van der Waals surface area contributed by atoms with Gasteiger partial charge >= 0.3 is 5.69 Å². The fraction of sp³-hybridized carbons (Fsp3) is 0.300. The maximum Gasteiger partial charge on any atom is 0.311 e. The van der Waals surface area contributed by atoms with E-state index >= 15 is 0 Å². The van der Waals surface area contributed by atoms with E-state index in [1.54, 1.807) is 12.3 Å². The number of nitro groups is 1. The summed E-state index contributed by atoms with van der Waals surface area (Å²) in [4.78, 5) is 16.3. The number of nitrogens with zero attached hydrogens (tertiary/aromatic N) is 3. The molecule has 1 aliphatic rings. The number of aromatic nitrogens is 1. The van der Waals surface area contributed by atoms with Gasteiger partial charge in [-0.05, 0) is 12.5 Å². The third-order valence-electron chi connectivity index (χ3n) is 2.37. The van der Waals surface area contributed by atoms with Crippen LogP contribution >= 0.6 is 11.6 Å². The van der Waals surface area contributed by atoms with Gasteiger partial charge in [-0.25, -0.2) is 4.98 Å². The first-order valence-electron chi connectivity index (χ1n) is 4.87. The summed E-state index contributed by atoms with van der Waals surface area (Å²) in [5, 5.41) is 11.5. The SMILES string of the molecule is O=[N+]([O-])c1cccnc1N1CCC=C(Cl)C1. The average Bonchev–Trinajstić information content (AvgIpc) is 2.29. The van der Waals surface area contributed by atoms with Crippen LogP contribution in [0.25, 0.3) is 0 Å². The Morgan fingerprint density at radius 3 is 3.06 bits per heavy atom. The molecule has 1 aliphatic heterocycles. The molecule has 0 fully saturated rings. The summed E-state index contributed by atoms with van der Waals surface area (Å²) in [6.45, 7) is 1.19. The van der Waals surface area contributed by atoms with Crippen LogP contribution in [0.2, 0.25) is 0 Å². The summed E-state index contributed by atoms with van der Waals surface area (Å²) >= 11 is 5.92. The van der Waals surface area contributed by atoms with Crippen LogP contribution in [0.4, 0.5) is 11.5 Å². The highest BCUT2D eigenvalue weighted by atomic mass is 35.5. The Morgan fingerprint density at radius 1 is 1.56 bits per heavy atom. The van der Waals surface area contributed by atoms with Gasteiger partial charge in [0.1, 0.15) is 0 Å². The molecule has 0 radical (unpaired) electrons. The molecule has 5 nitrogen and oxygen atoms in total. The largest absolute Gasteiger partial charge is 0.345 e. The van der Waals surface area contributed by atoms with Gasteiger partial charge in [-0.3, -0.25) is 10.1 Å². The maximum atomic E-state index is 10.8. The van der Waals surface area contributed by atoms with E-state index in [1.807, 2.05) is 11.0 Å². The van der Waals surface area contributed by atoms with Crippen LogP contribution in [-0.2, 0) is 0 Å². The van der Waals surface area contributed by atoms with Gasteiger partial charge in [0.25, 0.3) is 0 Å². The molecule has 0 saturated heterocycles. The zero-order chi connectivity index (χ0) is 11.5. The first kappa shape index (κ1) is 10.9. The van der Waals surface area contributed by atoms with E-state index in [0.29, 0.717) is 23.9 Å². The molecular formula is C10H10ClN3O2. The average molecular weight is 240 g/mol. The molecule has 0 spiro atoms. The number of pyridine rings is 1. The van der Waals surface area contributed by atoms with Crippen molar-refractivity contribution in [1.82, 2.24) is 4.98 Å². The molecule has 0 aromatic carbocycles. The van der Waals surface area contributed by atoms with Gasteiger partial charge < -0.3 is 4.90 Å². The molecule has 2 rings (SSSR count). The molecule has 6 heteroatoms. The van der Waals surface area contributed by atoms with Gasteiger partial charge in [-0.15, -0.1) is 0 Å². The molecule has 2 heterocycles. The third-order valence-corrected chi connectivity index (χ3v) is 2.64. The monoisotopic (exact) mass is 239 g/mol. The third kappa shape index (κ3) is 2.14. The van der Waals surface area contributed by atoms with Crippen LogP contribution in [-0.4, -0.2) is 23.0 Å². The van der Waals surface area contributed by atoms with Crippen LogP contribution in [0.5, 0.6) is 0 Å². The molecule has 1 aromatic heterocycles. The number of rotatable bonds is 2. The summed E-state index contributed by atoms with van der Waals surface area (Å²) < 4.78 is 0. The van der Waals surface area contributed by atoms with Gasteiger partial charge in [0.2, 0.25) is 5.82 Å². The summed E-state index contributed by atoms with van der Waals surface area (Å²) in [5.74, 6) is 0.388. The van der Waals surface area contributed by atoms with Crippen LogP contribution in [0, 0.1) is 10.1 Å². The normalized spacial score (nSPS) is 15.8. The van der Waals surface area contributed by atoms with Crippen molar-refractivity contribution in [1.29, 1.82) is 0 Å². The molecule has 0 aliphatic carbocycles. The Morgan fingerprint density at radius 2 is 2.38 bits per heavy atom.